The second-order valence-corrected chi connectivity index (χ2v) is 5.80. The minimum Gasteiger partial charge on any atom is -0.497 e. The molecule has 142 valence electrons. The highest BCUT2D eigenvalue weighted by atomic mass is 16.5. The lowest BCUT2D eigenvalue weighted by Gasteiger charge is -2.09. The van der Waals surface area contributed by atoms with Crippen molar-refractivity contribution in [2.45, 2.75) is 0 Å². The van der Waals surface area contributed by atoms with E-state index in [0.717, 1.165) is 0 Å². The van der Waals surface area contributed by atoms with Crippen LogP contribution in [0.15, 0.2) is 78.9 Å². The van der Waals surface area contributed by atoms with Gasteiger partial charge < -0.3 is 19.5 Å². The highest BCUT2D eigenvalue weighted by Crippen LogP contribution is 2.22. The van der Waals surface area contributed by atoms with Gasteiger partial charge in [0.25, 0.3) is 5.91 Å². The van der Waals surface area contributed by atoms with Crippen LogP contribution in [0.3, 0.4) is 0 Å². The van der Waals surface area contributed by atoms with Gasteiger partial charge in [-0.2, -0.15) is 0 Å². The Morgan fingerprint density at radius 3 is 2.25 bits per heavy atom. The molecule has 28 heavy (non-hydrogen) atoms. The second-order valence-electron chi connectivity index (χ2n) is 5.80. The fourth-order valence-corrected chi connectivity index (χ4v) is 2.40. The van der Waals surface area contributed by atoms with Gasteiger partial charge in [0.1, 0.15) is 17.2 Å². The fraction of sp³-hybridized carbons (Fsp3) is 0.0909. The van der Waals surface area contributed by atoms with Crippen LogP contribution in [0, 0.1) is 0 Å². The first-order valence-corrected chi connectivity index (χ1v) is 8.58. The molecule has 0 atom stereocenters. The molecule has 0 aromatic heterocycles. The van der Waals surface area contributed by atoms with E-state index < -0.39 is 18.5 Å². The molecular formula is C22H19NO5. The number of carbonyl (C=O) groups excluding carboxylic acids is 2. The highest BCUT2D eigenvalue weighted by molar-refractivity contribution is 5.95. The zero-order valence-corrected chi connectivity index (χ0v) is 15.3. The third-order valence-corrected chi connectivity index (χ3v) is 3.76. The average Bonchev–Trinajstić information content (AvgIpc) is 2.73. The molecule has 6 nitrogen and oxygen atoms in total. The Labute approximate surface area is 162 Å². The van der Waals surface area contributed by atoms with Crippen LogP contribution in [-0.4, -0.2) is 25.6 Å². The molecule has 0 fully saturated rings. The molecule has 0 radical (unpaired) electrons. The number of anilines is 1. The van der Waals surface area contributed by atoms with E-state index in [1.807, 2.05) is 30.3 Å². The number of esters is 1. The van der Waals surface area contributed by atoms with Gasteiger partial charge in [0, 0.05) is 5.69 Å². The lowest BCUT2D eigenvalue weighted by atomic mass is 10.2. The number of carbonyl (C=O) groups is 2. The van der Waals surface area contributed by atoms with Crippen molar-refractivity contribution >= 4 is 17.6 Å². The van der Waals surface area contributed by atoms with Crippen molar-refractivity contribution < 1.29 is 23.8 Å². The summed E-state index contributed by atoms with van der Waals surface area (Å²) in [5, 5.41) is 2.65. The van der Waals surface area contributed by atoms with E-state index in [2.05, 4.69) is 5.32 Å². The number of hydrogen-bond donors (Lipinski definition) is 1. The van der Waals surface area contributed by atoms with Crippen LogP contribution in [0.1, 0.15) is 10.4 Å². The topological polar surface area (TPSA) is 73.9 Å². The molecule has 3 aromatic carbocycles. The summed E-state index contributed by atoms with van der Waals surface area (Å²) in [6.07, 6.45) is 0. The Morgan fingerprint density at radius 2 is 1.54 bits per heavy atom. The molecule has 6 heteroatoms. The summed E-state index contributed by atoms with van der Waals surface area (Å²) < 4.78 is 15.8. The van der Waals surface area contributed by atoms with Crippen LogP contribution in [0.2, 0.25) is 0 Å². The molecule has 0 heterocycles. The number of hydrogen-bond acceptors (Lipinski definition) is 5. The summed E-state index contributed by atoms with van der Waals surface area (Å²) in [6, 6.07) is 22.7. The Morgan fingerprint density at radius 1 is 0.821 bits per heavy atom. The van der Waals surface area contributed by atoms with Gasteiger partial charge in [0.05, 0.1) is 12.7 Å². The van der Waals surface area contributed by atoms with E-state index in [4.69, 9.17) is 14.2 Å². The number of ether oxygens (including phenoxy) is 3. The first-order valence-electron chi connectivity index (χ1n) is 8.58. The van der Waals surface area contributed by atoms with E-state index in [1.54, 1.807) is 55.6 Å². The lowest BCUT2D eigenvalue weighted by Crippen LogP contribution is -2.20. The minimum absolute atomic E-state index is 0.297. The number of rotatable bonds is 7. The van der Waals surface area contributed by atoms with Gasteiger partial charge >= 0.3 is 5.97 Å². The summed E-state index contributed by atoms with van der Waals surface area (Å²) >= 11 is 0. The van der Waals surface area contributed by atoms with E-state index in [-0.39, 0.29) is 0 Å². The third kappa shape index (κ3) is 5.35. The number of methoxy groups -OCH3 is 1. The van der Waals surface area contributed by atoms with Crippen LogP contribution >= 0.6 is 0 Å². The molecule has 0 aliphatic heterocycles. The van der Waals surface area contributed by atoms with E-state index in [9.17, 15) is 9.59 Å². The predicted octanol–water partition coefficient (Wildman–Crippen LogP) is 4.28. The molecule has 0 saturated heterocycles. The minimum atomic E-state index is -0.608. The zero-order chi connectivity index (χ0) is 19.8. The molecule has 3 aromatic rings. The maximum Gasteiger partial charge on any atom is 0.338 e. The van der Waals surface area contributed by atoms with Crippen LogP contribution in [0.25, 0.3) is 0 Å². The Kier molecular flexibility index (Phi) is 6.25. The summed E-state index contributed by atoms with van der Waals surface area (Å²) in [4.78, 5) is 24.2. The molecule has 0 aliphatic carbocycles. The highest BCUT2D eigenvalue weighted by Gasteiger charge is 2.12. The van der Waals surface area contributed by atoms with Gasteiger partial charge in [0.2, 0.25) is 0 Å². The summed E-state index contributed by atoms with van der Waals surface area (Å²) in [7, 11) is 1.56. The predicted molar refractivity (Wildman–Crippen MR) is 105 cm³/mol. The van der Waals surface area contributed by atoms with Gasteiger partial charge in [-0.25, -0.2) is 4.79 Å². The van der Waals surface area contributed by atoms with E-state index in [1.165, 1.54) is 0 Å². The molecule has 1 amide bonds. The number of benzene rings is 3. The Bertz CT molecular complexity index is 939. The maximum atomic E-state index is 12.2. The average molecular weight is 377 g/mol. The van der Waals surface area contributed by atoms with Crippen LogP contribution in [0.4, 0.5) is 5.69 Å². The summed E-state index contributed by atoms with van der Waals surface area (Å²) in [5.41, 5.74) is 0.880. The van der Waals surface area contributed by atoms with Crippen molar-refractivity contribution in [1.82, 2.24) is 0 Å². The Hall–Kier alpha value is -3.80. The van der Waals surface area contributed by atoms with Gasteiger partial charge in [-0.15, -0.1) is 0 Å². The second kappa shape index (κ2) is 9.23. The van der Waals surface area contributed by atoms with Gasteiger partial charge in [-0.1, -0.05) is 24.3 Å². The van der Waals surface area contributed by atoms with Crippen molar-refractivity contribution in [1.29, 1.82) is 0 Å². The van der Waals surface area contributed by atoms with Crippen molar-refractivity contribution in [3.8, 4) is 17.2 Å². The van der Waals surface area contributed by atoms with Crippen molar-refractivity contribution in [2.24, 2.45) is 0 Å². The van der Waals surface area contributed by atoms with Gasteiger partial charge in [-0.05, 0) is 54.6 Å². The standard InChI is InChI=1S/C22H19NO5/c1-26-18-12-10-17(11-13-18)23-21(24)15-27-22(25)16-6-5-9-20(14-16)28-19-7-3-2-4-8-19/h2-14H,15H2,1H3,(H,23,24). The SMILES string of the molecule is COc1ccc(NC(=O)COC(=O)c2cccc(Oc3ccccc3)c2)cc1. The number of amides is 1. The quantitative estimate of drug-likeness (QED) is 0.622. The number of nitrogens with one attached hydrogen (secondary N) is 1. The first-order chi connectivity index (χ1) is 13.6. The smallest absolute Gasteiger partial charge is 0.338 e. The lowest BCUT2D eigenvalue weighted by molar-refractivity contribution is -0.119. The number of para-hydroxylation sites is 1. The molecule has 0 bridgehead atoms. The van der Waals surface area contributed by atoms with Crippen LogP contribution in [-0.2, 0) is 9.53 Å². The van der Waals surface area contributed by atoms with Gasteiger partial charge in [-0.3, -0.25) is 4.79 Å². The molecule has 0 spiro atoms. The fourth-order valence-electron chi connectivity index (χ4n) is 2.40. The largest absolute Gasteiger partial charge is 0.497 e. The Balaban J connectivity index is 1.54. The zero-order valence-electron chi connectivity index (χ0n) is 15.3. The molecule has 0 saturated carbocycles. The van der Waals surface area contributed by atoms with Crippen LogP contribution in [0.5, 0.6) is 17.2 Å². The maximum absolute atomic E-state index is 12.2. The normalized spacial score (nSPS) is 10.0. The molecular weight excluding hydrogens is 358 g/mol. The van der Waals surface area contributed by atoms with Crippen LogP contribution < -0.4 is 14.8 Å². The third-order valence-electron chi connectivity index (χ3n) is 3.76. The van der Waals surface area contributed by atoms with E-state index in [0.29, 0.717) is 28.5 Å². The van der Waals surface area contributed by atoms with Gasteiger partial charge in [0.15, 0.2) is 6.61 Å². The van der Waals surface area contributed by atoms with Crippen molar-refractivity contribution in [3.63, 3.8) is 0 Å². The van der Waals surface area contributed by atoms with Crippen molar-refractivity contribution in [2.75, 3.05) is 19.0 Å². The summed E-state index contributed by atoms with van der Waals surface area (Å²) in [5.74, 6) is 0.802. The molecule has 0 aliphatic rings. The molecule has 0 unspecified atom stereocenters. The molecule has 1 N–H and O–H groups in total. The first kappa shape index (κ1) is 19.0. The van der Waals surface area contributed by atoms with Crippen molar-refractivity contribution in [3.05, 3.63) is 84.4 Å². The summed E-state index contributed by atoms with van der Waals surface area (Å²) in [6.45, 7) is -0.394. The van der Waals surface area contributed by atoms with E-state index >= 15 is 0 Å². The monoisotopic (exact) mass is 377 g/mol. The molecule has 3 rings (SSSR count).